The number of hydrogen-bond acceptors (Lipinski definition) is 5. The maximum atomic E-state index is 11.6. The van der Waals surface area contributed by atoms with Crippen LogP contribution in [0.3, 0.4) is 0 Å². The average molecular weight is 284 g/mol. The lowest BCUT2D eigenvalue weighted by Crippen LogP contribution is -2.33. The zero-order chi connectivity index (χ0) is 14.4. The molecule has 0 aliphatic rings. The number of hydrogen-bond donors (Lipinski definition) is 0. The summed E-state index contributed by atoms with van der Waals surface area (Å²) in [6.07, 6.45) is 3.35. The van der Waals surface area contributed by atoms with Crippen LogP contribution < -0.4 is 4.90 Å². The number of nitrogens with zero attached hydrogens (tertiary/aromatic N) is 2. The number of carbonyl (C=O) groups is 1. The zero-order valence-corrected chi connectivity index (χ0v) is 13.3. The van der Waals surface area contributed by atoms with E-state index in [0.717, 1.165) is 35.8 Å². The van der Waals surface area contributed by atoms with E-state index in [2.05, 4.69) is 30.7 Å². The number of aromatic nitrogens is 1. The van der Waals surface area contributed by atoms with E-state index >= 15 is 0 Å². The smallest absolute Gasteiger partial charge is 0.357 e. The number of carbonyl (C=O) groups excluding carboxylic acids is 1. The molecular formula is C14H24N2O2S. The van der Waals surface area contributed by atoms with E-state index in [-0.39, 0.29) is 5.97 Å². The van der Waals surface area contributed by atoms with Crippen LogP contribution in [0.5, 0.6) is 0 Å². The molecule has 1 heterocycles. The molecule has 1 rings (SSSR count). The maximum Gasteiger partial charge on any atom is 0.357 e. The molecule has 108 valence electrons. The fraction of sp³-hybridized carbons (Fsp3) is 0.714. The first-order valence-electron chi connectivity index (χ1n) is 6.87. The molecule has 0 saturated heterocycles. The van der Waals surface area contributed by atoms with Gasteiger partial charge in [-0.25, -0.2) is 9.78 Å². The van der Waals surface area contributed by atoms with E-state index in [9.17, 15) is 4.79 Å². The van der Waals surface area contributed by atoms with Crippen molar-refractivity contribution in [3.8, 4) is 0 Å². The zero-order valence-electron chi connectivity index (χ0n) is 12.5. The van der Waals surface area contributed by atoms with Gasteiger partial charge in [-0.05, 0) is 26.7 Å². The fourth-order valence-electron chi connectivity index (χ4n) is 1.84. The molecule has 0 aromatic carbocycles. The normalized spacial score (nSPS) is 12.3. The van der Waals surface area contributed by atoms with Gasteiger partial charge in [0.15, 0.2) is 10.8 Å². The minimum absolute atomic E-state index is 0.348. The van der Waals surface area contributed by atoms with Crippen molar-refractivity contribution >= 4 is 22.4 Å². The van der Waals surface area contributed by atoms with Crippen LogP contribution in [0, 0.1) is 6.92 Å². The van der Waals surface area contributed by atoms with Crippen molar-refractivity contribution in [1.29, 1.82) is 0 Å². The Kier molecular flexibility index (Phi) is 6.28. The number of ether oxygens (including phenoxy) is 1. The van der Waals surface area contributed by atoms with Gasteiger partial charge in [-0.1, -0.05) is 20.3 Å². The van der Waals surface area contributed by atoms with Crippen LogP contribution in [-0.4, -0.2) is 30.6 Å². The van der Waals surface area contributed by atoms with Gasteiger partial charge in [-0.2, -0.15) is 0 Å². The van der Waals surface area contributed by atoms with Crippen LogP contribution in [0.4, 0.5) is 5.13 Å². The highest BCUT2D eigenvalue weighted by molar-refractivity contribution is 7.15. The van der Waals surface area contributed by atoms with Crippen molar-refractivity contribution in [2.75, 3.05) is 18.6 Å². The van der Waals surface area contributed by atoms with E-state index in [1.165, 1.54) is 7.11 Å². The fourth-order valence-corrected chi connectivity index (χ4v) is 2.87. The predicted octanol–water partition coefficient (Wildman–Crippen LogP) is 3.64. The summed E-state index contributed by atoms with van der Waals surface area (Å²) in [5.74, 6) is -0.348. The van der Waals surface area contributed by atoms with Crippen molar-refractivity contribution in [3.05, 3.63) is 10.6 Å². The van der Waals surface area contributed by atoms with Crippen molar-refractivity contribution in [2.45, 2.75) is 53.0 Å². The molecule has 0 radical (unpaired) electrons. The summed E-state index contributed by atoms with van der Waals surface area (Å²) in [5.41, 5.74) is 0.451. The molecule has 0 aliphatic heterocycles. The molecular weight excluding hydrogens is 260 g/mol. The maximum absolute atomic E-state index is 11.6. The monoisotopic (exact) mass is 284 g/mol. The number of anilines is 1. The van der Waals surface area contributed by atoms with Crippen LogP contribution >= 0.6 is 11.3 Å². The molecule has 0 spiro atoms. The van der Waals surface area contributed by atoms with Gasteiger partial charge < -0.3 is 9.64 Å². The second-order valence-corrected chi connectivity index (χ2v) is 5.88. The Morgan fingerprint density at radius 3 is 2.68 bits per heavy atom. The first-order chi connectivity index (χ1) is 9.04. The molecule has 0 N–H and O–H groups in total. The second-order valence-electron chi connectivity index (χ2n) is 4.70. The standard InChI is InChI=1S/C14H24N2O2S/c1-6-8-9-16(10(3)7-2)14-15-12(11(4)19-14)13(17)18-5/h10H,6-9H2,1-5H3. The van der Waals surface area contributed by atoms with E-state index in [4.69, 9.17) is 4.74 Å². The summed E-state index contributed by atoms with van der Waals surface area (Å²) < 4.78 is 4.76. The largest absolute Gasteiger partial charge is 0.464 e. The van der Waals surface area contributed by atoms with Crippen LogP contribution in [0.15, 0.2) is 0 Å². The lowest BCUT2D eigenvalue weighted by molar-refractivity contribution is 0.0594. The Hall–Kier alpha value is -1.10. The number of unbranched alkanes of at least 4 members (excludes halogenated alkanes) is 1. The van der Waals surface area contributed by atoms with Gasteiger partial charge >= 0.3 is 5.97 Å². The average Bonchev–Trinajstić information content (AvgIpc) is 2.79. The number of methoxy groups -OCH3 is 1. The van der Waals surface area contributed by atoms with Crippen LogP contribution in [0.25, 0.3) is 0 Å². The van der Waals surface area contributed by atoms with Crippen molar-refractivity contribution in [3.63, 3.8) is 0 Å². The summed E-state index contributed by atoms with van der Waals surface area (Å²) in [6, 6.07) is 0.433. The SMILES string of the molecule is CCCCN(c1nc(C(=O)OC)c(C)s1)C(C)CC. The highest BCUT2D eigenvalue weighted by atomic mass is 32.1. The molecule has 0 fully saturated rings. The lowest BCUT2D eigenvalue weighted by Gasteiger charge is -2.28. The summed E-state index contributed by atoms with van der Waals surface area (Å²) in [6.45, 7) is 9.46. The third-order valence-electron chi connectivity index (χ3n) is 3.29. The van der Waals surface area contributed by atoms with Gasteiger partial charge in [-0.3, -0.25) is 0 Å². The molecule has 0 saturated carbocycles. The summed E-state index contributed by atoms with van der Waals surface area (Å²) >= 11 is 1.57. The van der Waals surface area contributed by atoms with Crippen molar-refractivity contribution in [2.24, 2.45) is 0 Å². The Bertz CT molecular complexity index is 418. The topological polar surface area (TPSA) is 42.4 Å². The van der Waals surface area contributed by atoms with Crippen LogP contribution in [0.2, 0.25) is 0 Å². The number of rotatable bonds is 7. The Labute approximate surface area is 119 Å². The predicted molar refractivity (Wildman–Crippen MR) is 80.2 cm³/mol. The van der Waals surface area contributed by atoms with Crippen molar-refractivity contribution < 1.29 is 9.53 Å². The van der Waals surface area contributed by atoms with E-state index in [1.807, 2.05) is 6.92 Å². The van der Waals surface area contributed by atoms with E-state index < -0.39 is 0 Å². The number of aryl methyl sites for hydroxylation is 1. The highest BCUT2D eigenvalue weighted by Crippen LogP contribution is 2.28. The van der Waals surface area contributed by atoms with Gasteiger partial charge in [0.05, 0.1) is 7.11 Å². The van der Waals surface area contributed by atoms with Gasteiger partial charge in [0.25, 0.3) is 0 Å². The quantitative estimate of drug-likeness (QED) is 0.717. The van der Waals surface area contributed by atoms with Gasteiger partial charge in [0.1, 0.15) is 0 Å². The molecule has 4 nitrogen and oxygen atoms in total. The number of thiazole rings is 1. The molecule has 5 heteroatoms. The Balaban J connectivity index is 2.99. The van der Waals surface area contributed by atoms with Gasteiger partial charge in [-0.15, -0.1) is 11.3 Å². The summed E-state index contributed by atoms with van der Waals surface area (Å²) in [7, 11) is 1.39. The number of esters is 1. The minimum atomic E-state index is -0.348. The van der Waals surface area contributed by atoms with Crippen LogP contribution in [-0.2, 0) is 4.74 Å². The minimum Gasteiger partial charge on any atom is -0.464 e. The third-order valence-corrected chi connectivity index (χ3v) is 4.29. The molecule has 1 aromatic rings. The van der Waals surface area contributed by atoms with Crippen LogP contribution in [0.1, 0.15) is 55.4 Å². The van der Waals surface area contributed by atoms with Crippen molar-refractivity contribution in [1.82, 2.24) is 4.98 Å². The Morgan fingerprint density at radius 1 is 1.47 bits per heavy atom. The highest BCUT2D eigenvalue weighted by Gasteiger charge is 2.21. The molecule has 1 unspecified atom stereocenters. The first-order valence-corrected chi connectivity index (χ1v) is 7.69. The molecule has 0 aliphatic carbocycles. The summed E-state index contributed by atoms with van der Waals surface area (Å²) in [5, 5.41) is 0.931. The van der Waals surface area contributed by atoms with Gasteiger partial charge in [0.2, 0.25) is 0 Å². The molecule has 19 heavy (non-hydrogen) atoms. The molecule has 1 atom stereocenters. The second kappa shape index (κ2) is 7.48. The molecule has 0 bridgehead atoms. The third kappa shape index (κ3) is 3.93. The first kappa shape index (κ1) is 16.0. The van der Waals surface area contributed by atoms with E-state index in [1.54, 1.807) is 11.3 Å². The molecule has 1 aromatic heterocycles. The van der Waals surface area contributed by atoms with E-state index in [0.29, 0.717) is 11.7 Å². The van der Waals surface area contributed by atoms with Gasteiger partial charge in [0, 0.05) is 17.5 Å². The summed E-state index contributed by atoms with van der Waals surface area (Å²) in [4.78, 5) is 19.3. The molecule has 0 amide bonds. The lowest BCUT2D eigenvalue weighted by atomic mass is 10.2. The Morgan fingerprint density at radius 2 is 2.16 bits per heavy atom.